The van der Waals surface area contributed by atoms with E-state index in [1.165, 1.54) is 18.2 Å². The molecule has 0 spiro atoms. The molecule has 7 nitrogen and oxygen atoms in total. The molecule has 0 aliphatic rings. The van der Waals surface area contributed by atoms with Crippen molar-refractivity contribution in [2.24, 2.45) is 5.73 Å². The fourth-order valence-corrected chi connectivity index (χ4v) is 2.96. The number of H-pyrrole nitrogens is 1. The lowest BCUT2D eigenvalue weighted by atomic mass is 10.1. The Kier molecular flexibility index (Phi) is 3.80. The van der Waals surface area contributed by atoms with Gasteiger partial charge in [0, 0.05) is 5.56 Å². The number of hydrogen-bond donors (Lipinski definition) is 2. The van der Waals surface area contributed by atoms with Gasteiger partial charge in [-0.1, -0.05) is 36.4 Å². The van der Waals surface area contributed by atoms with Crippen molar-refractivity contribution in [3.8, 4) is 17.1 Å². The first kappa shape index (κ1) is 16.6. The molecular weight excluding hydrogens is 349 g/mol. The maximum absolute atomic E-state index is 14.3. The smallest absolute Gasteiger partial charge is 0.332 e. The molecule has 27 heavy (non-hydrogen) atoms. The Labute approximate surface area is 152 Å². The number of rotatable bonds is 3. The van der Waals surface area contributed by atoms with E-state index >= 15 is 0 Å². The van der Waals surface area contributed by atoms with E-state index in [0.717, 1.165) is 10.1 Å². The number of halogens is 1. The average Bonchev–Trinajstić information content (AvgIpc) is 2.97. The molecule has 0 radical (unpaired) electrons. The van der Waals surface area contributed by atoms with Crippen molar-refractivity contribution in [3.63, 3.8) is 0 Å². The summed E-state index contributed by atoms with van der Waals surface area (Å²) in [6.45, 7) is 1.87. The number of nitrogens with zero attached hydrogens (tertiary/aromatic N) is 3. The van der Waals surface area contributed by atoms with Gasteiger partial charge in [-0.25, -0.2) is 23.7 Å². The Hall–Kier alpha value is -3.81. The molecule has 0 aliphatic carbocycles. The Morgan fingerprint density at radius 3 is 2.52 bits per heavy atom. The SMILES string of the molecule is Cc1ccccc1-c1nc(C(N)=O)c2[nH]c(=O)n(-c3ccccc3F)c2n1. The van der Waals surface area contributed by atoms with E-state index in [4.69, 9.17) is 5.73 Å². The highest BCUT2D eigenvalue weighted by Crippen LogP contribution is 2.24. The molecule has 134 valence electrons. The topological polar surface area (TPSA) is 107 Å². The standard InChI is InChI=1S/C19H14FN5O2/c1-10-6-2-3-7-11(10)17-22-14(16(21)26)15-18(24-17)25(19(27)23-15)13-9-5-4-8-12(13)20/h2-9H,1H3,(H2,21,26)(H,23,27). The summed E-state index contributed by atoms with van der Waals surface area (Å²) in [5.41, 5.74) is 6.39. The highest BCUT2D eigenvalue weighted by molar-refractivity contribution is 6.02. The molecule has 0 saturated heterocycles. The van der Waals surface area contributed by atoms with Gasteiger partial charge in [0.25, 0.3) is 5.91 Å². The van der Waals surface area contributed by atoms with E-state index in [9.17, 15) is 14.0 Å². The van der Waals surface area contributed by atoms with Gasteiger partial charge in [-0.2, -0.15) is 0 Å². The van der Waals surface area contributed by atoms with E-state index in [-0.39, 0.29) is 28.4 Å². The van der Waals surface area contributed by atoms with Gasteiger partial charge in [0.1, 0.15) is 11.3 Å². The number of carbonyl (C=O) groups is 1. The minimum absolute atomic E-state index is 0.0126. The molecule has 1 amide bonds. The van der Waals surface area contributed by atoms with Gasteiger partial charge in [-0.15, -0.1) is 0 Å². The van der Waals surface area contributed by atoms with Crippen LogP contribution in [0.5, 0.6) is 0 Å². The van der Waals surface area contributed by atoms with E-state index in [1.54, 1.807) is 18.2 Å². The first-order chi connectivity index (χ1) is 13.0. The summed E-state index contributed by atoms with van der Waals surface area (Å²) in [6, 6.07) is 13.1. The van der Waals surface area contributed by atoms with Crippen LogP contribution < -0.4 is 11.4 Å². The van der Waals surface area contributed by atoms with E-state index in [1.807, 2.05) is 19.1 Å². The van der Waals surface area contributed by atoms with Crippen LogP contribution in [0.1, 0.15) is 16.1 Å². The van der Waals surface area contributed by atoms with Gasteiger partial charge >= 0.3 is 5.69 Å². The second-order valence-corrected chi connectivity index (χ2v) is 5.99. The molecule has 4 aromatic rings. The van der Waals surface area contributed by atoms with Crippen LogP contribution in [0.3, 0.4) is 0 Å². The lowest BCUT2D eigenvalue weighted by molar-refractivity contribution is 0.0997. The molecule has 0 atom stereocenters. The van der Waals surface area contributed by atoms with Crippen molar-refractivity contribution in [3.05, 3.63) is 76.1 Å². The molecule has 0 fully saturated rings. The third-order valence-electron chi connectivity index (χ3n) is 4.25. The van der Waals surface area contributed by atoms with Crippen LogP contribution in [0.25, 0.3) is 28.2 Å². The normalized spacial score (nSPS) is 11.0. The van der Waals surface area contributed by atoms with Gasteiger partial charge in [-0.3, -0.25) is 4.79 Å². The number of aromatic nitrogens is 4. The fraction of sp³-hybridized carbons (Fsp3) is 0.0526. The lowest BCUT2D eigenvalue weighted by Gasteiger charge is -2.08. The van der Waals surface area contributed by atoms with Crippen molar-refractivity contribution in [2.45, 2.75) is 6.92 Å². The molecule has 0 saturated carbocycles. The summed E-state index contributed by atoms with van der Waals surface area (Å²) in [4.78, 5) is 35.6. The molecule has 2 aromatic carbocycles. The summed E-state index contributed by atoms with van der Waals surface area (Å²) in [6.07, 6.45) is 0. The molecular formula is C19H14FN5O2. The molecule has 0 bridgehead atoms. The number of amides is 1. The maximum atomic E-state index is 14.3. The van der Waals surface area contributed by atoms with Gasteiger partial charge in [0.15, 0.2) is 17.2 Å². The first-order valence-electron chi connectivity index (χ1n) is 8.11. The van der Waals surface area contributed by atoms with Crippen LogP contribution >= 0.6 is 0 Å². The molecule has 0 aliphatic heterocycles. The van der Waals surface area contributed by atoms with Crippen LogP contribution in [0.2, 0.25) is 0 Å². The predicted molar refractivity (Wildman–Crippen MR) is 98.1 cm³/mol. The van der Waals surface area contributed by atoms with Gasteiger partial charge in [0.2, 0.25) is 0 Å². The predicted octanol–water partition coefficient (Wildman–Crippen LogP) is 2.32. The minimum Gasteiger partial charge on any atom is -0.364 e. The number of para-hydroxylation sites is 1. The second-order valence-electron chi connectivity index (χ2n) is 5.99. The quantitative estimate of drug-likeness (QED) is 0.582. The molecule has 2 heterocycles. The van der Waals surface area contributed by atoms with Crippen LogP contribution in [-0.4, -0.2) is 25.4 Å². The summed E-state index contributed by atoms with van der Waals surface area (Å²) >= 11 is 0. The zero-order valence-electron chi connectivity index (χ0n) is 14.2. The van der Waals surface area contributed by atoms with Crippen LogP contribution in [-0.2, 0) is 0 Å². The van der Waals surface area contributed by atoms with E-state index in [0.29, 0.717) is 5.56 Å². The molecule has 3 N–H and O–H groups in total. The summed E-state index contributed by atoms with van der Waals surface area (Å²) in [5, 5.41) is 0. The second kappa shape index (κ2) is 6.17. The van der Waals surface area contributed by atoms with Crippen LogP contribution in [0.15, 0.2) is 53.3 Å². The zero-order chi connectivity index (χ0) is 19.1. The number of nitrogens with one attached hydrogen (secondary N) is 1. The van der Waals surface area contributed by atoms with Gasteiger partial charge in [-0.05, 0) is 24.6 Å². The van der Waals surface area contributed by atoms with E-state index < -0.39 is 17.4 Å². The average molecular weight is 363 g/mol. The van der Waals surface area contributed by atoms with Gasteiger partial charge < -0.3 is 10.7 Å². The number of nitrogens with two attached hydrogens (primary N) is 1. The minimum atomic E-state index is -0.820. The van der Waals surface area contributed by atoms with Crippen molar-refractivity contribution in [2.75, 3.05) is 0 Å². The van der Waals surface area contributed by atoms with Crippen molar-refractivity contribution >= 4 is 17.1 Å². The third kappa shape index (κ3) is 2.67. The number of aromatic amines is 1. The van der Waals surface area contributed by atoms with Crippen LogP contribution in [0, 0.1) is 12.7 Å². The molecule has 2 aromatic heterocycles. The number of benzene rings is 2. The zero-order valence-corrected chi connectivity index (χ0v) is 14.2. The molecule has 0 unspecified atom stereocenters. The lowest BCUT2D eigenvalue weighted by Crippen LogP contribution is -2.16. The van der Waals surface area contributed by atoms with Crippen molar-refractivity contribution < 1.29 is 9.18 Å². The first-order valence-corrected chi connectivity index (χ1v) is 8.11. The Morgan fingerprint density at radius 2 is 1.81 bits per heavy atom. The highest BCUT2D eigenvalue weighted by atomic mass is 19.1. The van der Waals surface area contributed by atoms with Crippen LogP contribution in [0.4, 0.5) is 4.39 Å². The monoisotopic (exact) mass is 363 g/mol. The van der Waals surface area contributed by atoms with Gasteiger partial charge in [0.05, 0.1) is 5.69 Å². The molecule has 4 rings (SSSR count). The third-order valence-corrected chi connectivity index (χ3v) is 4.25. The number of aryl methyl sites for hydroxylation is 1. The number of fused-ring (bicyclic) bond motifs is 1. The number of imidazole rings is 1. The van der Waals surface area contributed by atoms with E-state index in [2.05, 4.69) is 15.0 Å². The maximum Gasteiger partial charge on any atom is 0.332 e. The summed E-state index contributed by atoms with van der Waals surface area (Å²) in [5.74, 6) is -1.20. The number of hydrogen-bond acceptors (Lipinski definition) is 4. The highest BCUT2D eigenvalue weighted by Gasteiger charge is 2.21. The Balaban J connectivity index is 2.12. The molecule has 8 heteroatoms. The van der Waals surface area contributed by atoms with Crippen molar-refractivity contribution in [1.29, 1.82) is 0 Å². The summed E-state index contributed by atoms with van der Waals surface area (Å²) in [7, 11) is 0. The van der Waals surface area contributed by atoms with Crippen molar-refractivity contribution in [1.82, 2.24) is 19.5 Å². The fourth-order valence-electron chi connectivity index (χ4n) is 2.96. The Bertz CT molecular complexity index is 1260. The Morgan fingerprint density at radius 1 is 1.11 bits per heavy atom. The number of carbonyl (C=O) groups excluding carboxylic acids is 1. The summed E-state index contributed by atoms with van der Waals surface area (Å²) < 4.78 is 15.4. The number of primary amides is 1. The largest absolute Gasteiger partial charge is 0.364 e.